The van der Waals surface area contributed by atoms with Gasteiger partial charge < -0.3 is 10.6 Å². The average molecular weight is 272 g/mol. The molecular formula is C15H20N4O. The maximum atomic E-state index is 12.2. The van der Waals surface area contributed by atoms with E-state index >= 15 is 0 Å². The standard InChI is InChI=1S/C15H20N4O/c1-3-16-14-6-5-12(2)11-13(14)15(20)17-8-10-19-9-4-7-18-19/h4-7,9,11,16H,3,8,10H2,1-2H3,(H,17,20). The number of nitrogens with one attached hydrogen (secondary N) is 2. The molecule has 1 heterocycles. The SMILES string of the molecule is CCNc1ccc(C)cc1C(=O)NCCn1cccn1. The van der Waals surface area contributed by atoms with Crippen molar-refractivity contribution >= 4 is 11.6 Å². The van der Waals surface area contributed by atoms with E-state index in [1.54, 1.807) is 10.9 Å². The summed E-state index contributed by atoms with van der Waals surface area (Å²) in [4.78, 5) is 12.2. The zero-order valence-electron chi connectivity index (χ0n) is 11.9. The van der Waals surface area contributed by atoms with Gasteiger partial charge in [0, 0.05) is 31.2 Å². The van der Waals surface area contributed by atoms with Crippen LogP contribution in [0.3, 0.4) is 0 Å². The van der Waals surface area contributed by atoms with Crippen LogP contribution in [0, 0.1) is 6.92 Å². The predicted octanol–water partition coefficient (Wildman–Crippen LogP) is 2.05. The number of anilines is 1. The Morgan fingerprint density at radius 1 is 1.40 bits per heavy atom. The summed E-state index contributed by atoms with van der Waals surface area (Å²) in [5, 5.41) is 10.2. The van der Waals surface area contributed by atoms with Crippen molar-refractivity contribution in [2.75, 3.05) is 18.4 Å². The van der Waals surface area contributed by atoms with Crippen LogP contribution in [0.4, 0.5) is 5.69 Å². The predicted molar refractivity (Wildman–Crippen MR) is 79.9 cm³/mol. The Hall–Kier alpha value is -2.30. The summed E-state index contributed by atoms with van der Waals surface area (Å²) in [7, 11) is 0. The van der Waals surface area contributed by atoms with Crippen LogP contribution in [0.25, 0.3) is 0 Å². The fraction of sp³-hybridized carbons (Fsp3) is 0.333. The molecule has 0 aliphatic carbocycles. The maximum absolute atomic E-state index is 12.2. The van der Waals surface area contributed by atoms with E-state index in [9.17, 15) is 4.79 Å². The molecule has 1 aromatic heterocycles. The van der Waals surface area contributed by atoms with Crippen molar-refractivity contribution in [3.63, 3.8) is 0 Å². The van der Waals surface area contributed by atoms with Crippen molar-refractivity contribution in [1.29, 1.82) is 0 Å². The summed E-state index contributed by atoms with van der Waals surface area (Å²) in [6.07, 6.45) is 3.61. The number of aromatic nitrogens is 2. The zero-order chi connectivity index (χ0) is 14.4. The molecule has 0 fully saturated rings. The van der Waals surface area contributed by atoms with Crippen LogP contribution in [-0.2, 0) is 6.54 Å². The number of aryl methyl sites for hydroxylation is 1. The van der Waals surface area contributed by atoms with Crippen molar-refractivity contribution < 1.29 is 4.79 Å². The number of hydrogen-bond donors (Lipinski definition) is 2. The van der Waals surface area contributed by atoms with Gasteiger partial charge in [-0.05, 0) is 32.0 Å². The van der Waals surface area contributed by atoms with Crippen LogP contribution in [-0.4, -0.2) is 28.8 Å². The summed E-state index contributed by atoms with van der Waals surface area (Å²) in [6.45, 7) is 6.01. The van der Waals surface area contributed by atoms with Crippen molar-refractivity contribution in [1.82, 2.24) is 15.1 Å². The first kappa shape index (κ1) is 14.1. The first-order chi connectivity index (χ1) is 9.70. The summed E-state index contributed by atoms with van der Waals surface area (Å²) in [5.41, 5.74) is 2.63. The van der Waals surface area contributed by atoms with Gasteiger partial charge in [0.05, 0.1) is 12.1 Å². The quantitative estimate of drug-likeness (QED) is 0.846. The molecule has 0 spiro atoms. The van der Waals surface area contributed by atoms with Crippen LogP contribution in [0.15, 0.2) is 36.7 Å². The van der Waals surface area contributed by atoms with Crippen molar-refractivity contribution in [3.05, 3.63) is 47.8 Å². The minimum atomic E-state index is -0.0585. The molecular weight excluding hydrogens is 252 g/mol. The average Bonchev–Trinajstić information content (AvgIpc) is 2.94. The van der Waals surface area contributed by atoms with Gasteiger partial charge in [-0.3, -0.25) is 9.48 Å². The second kappa shape index (κ2) is 6.75. The van der Waals surface area contributed by atoms with E-state index in [1.807, 2.05) is 44.3 Å². The lowest BCUT2D eigenvalue weighted by atomic mass is 10.1. The Balaban J connectivity index is 1.99. The molecule has 0 bridgehead atoms. The van der Waals surface area contributed by atoms with Crippen molar-refractivity contribution in [3.8, 4) is 0 Å². The normalized spacial score (nSPS) is 10.3. The molecule has 2 aromatic rings. The lowest BCUT2D eigenvalue weighted by Gasteiger charge is -2.12. The molecule has 0 aliphatic rings. The smallest absolute Gasteiger partial charge is 0.253 e. The topological polar surface area (TPSA) is 59.0 Å². The highest BCUT2D eigenvalue weighted by Crippen LogP contribution is 2.17. The van der Waals surface area contributed by atoms with Gasteiger partial charge in [0.1, 0.15) is 0 Å². The summed E-state index contributed by atoms with van der Waals surface area (Å²) in [6, 6.07) is 7.71. The van der Waals surface area contributed by atoms with E-state index in [-0.39, 0.29) is 5.91 Å². The molecule has 2 N–H and O–H groups in total. The minimum Gasteiger partial charge on any atom is -0.385 e. The largest absolute Gasteiger partial charge is 0.385 e. The van der Waals surface area contributed by atoms with Crippen LogP contribution in [0.5, 0.6) is 0 Å². The van der Waals surface area contributed by atoms with Crippen molar-refractivity contribution in [2.24, 2.45) is 0 Å². The van der Waals surface area contributed by atoms with E-state index < -0.39 is 0 Å². The van der Waals surface area contributed by atoms with Gasteiger partial charge in [-0.15, -0.1) is 0 Å². The van der Waals surface area contributed by atoms with Gasteiger partial charge in [-0.2, -0.15) is 5.10 Å². The van der Waals surface area contributed by atoms with E-state index in [0.29, 0.717) is 18.7 Å². The van der Waals surface area contributed by atoms with Crippen LogP contribution in [0.2, 0.25) is 0 Å². The highest BCUT2D eigenvalue weighted by molar-refractivity contribution is 5.99. The Morgan fingerprint density at radius 3 is 2.95 bits per heavy atom. The molecule has 0 unspecified atom stereocenters. The molecule has 0 saturated carbocycles. The monoisotopic (exact) mass is 272 g/mol. The molecule has 1 amide bonds. The first-order valence-electron chi connectivity index (χ1n) is 6.81. The number of hydrogen-bond acceptors (Lipinski definition) is 3. The third-order valence-electron chi connectivity index (χ3n) is 2.97. The van der Waals surface area contributed by atoms with Gasteiger partial charge in [0.15, 0.2) is 0 Å². The van der Waals surface area contributed by atoms with E-state index in [0.717, 1.165) is 17.8 Å². The van der Waals surface area contributed by atoms with E-state index in [4.69, 9.17) is 0 Å². The van der Waals surface area contributed by atoms with Crippen molar-refractivity contribution in [2.45, 2.75) is 20.4 Å². The highest BCUT2D eigenvalue weighted by Gasteiger charge is 2.10. The molecule has 0 aliphatic heterocycles. The minimum absolute atomic E-state index is 0.0585. The Bertz CT molecular complexity index is 563. The second-order valence-corrected chi connectivity index (χ2v) is 4.60. The Labute approximate surface area is 119 Å². The number of benzene rings is 1. The third kappa shape index (κ3) is 3.60. The number of rotatable bonds is 6. The lowest BCUT2D eigenvalue weighted by molar-refractivity contribution is 0.0952. The van der Waals surface area contributed by atoms with E-state index in [2.05, 4.69) is 15.7 Å². The van der Waals surface area contributed by atoms with Gasteiger partial charge in [0.25, 0.3) is 5.91 Å². The van der Waals surface area contributed by atoms with Crippen LogP contribution >= 0.6 is 0 Å². The summed E-state index contributed by atoms with van der Waals surface area (Å²) < 4.78 is 1.79. The Kier molecular flexibility index (Phi) is 4.76. The number of carbonyl (C=O) groups is 1. The zero-order valence-corrected chi connectivity index (χ0v) is 11.9. The number of amides is 1. The van der Waals surface area contributed by atoms with Gasteiger partial charge in [0.2, 0.25) is 0 Å². The molecule has 106 valence electrons. The third-order valence-corrected chi connectivity index (χ3v) is 2.97. The lowest BCUT2D eigenvalue weighted by Crippen LogP contribution is -2.28. The maximum Gasteiger partial charge on any atom is 0.253 e. The molecule has 5 heteroatoms. The molecule has 1 aromatic carbocycles. The molecule has 5 nitrogen and oxygen atoms in total. The second-order valence-electron chi connectivity index (χ2n) is 4.60. The van der Waals surface area contributed by atoms with Crippen LogP contribution in [0.1, 0.15) is 22.8 Å². The fourth-order valence-corrected chi connectivity index (χ4v) is 2.00. The number of nitrogens with zero attached hydrogens (tertiary/aromatic N) is 2. The summed E-state index contributed by atoms with van der Waals surface area (Å²) >= 11 is 0. The van der Waals surface area contributed by atoms with E-state index in [1.165, 1.54) is 0 Å². The number of carbonyl (C=O) groups excluding carboxylic acids is 1. The van der Waals surface area contributed by atoms with Crippen LogP contribution < -0.4 is 10.6 Å². The molecule has 20 heavy (non-hydrogen) atoms. The fourth-order valence-electron chi connectivity index (χ4n) is 2.00. The molecule has 0 saturated heterocycles. The Morgan fingerprint density at radius 2 is 2.25 bits per heavy atom. The van der Waals surface area contributed by atoms with Gasteiger partial charge in [-0.1, -0.05) is 11.6 Å². The summed E-state index contributed by atoms with van der Waals surface area (Å²) in [5.74, 6) is -0.0585. The van der Waals surface area contributed by atoms with Gasteiger partial charge >= 0.3 is 0 Å². The molecule has 0 atom stereocenters. The molecule has 2 rings (SSSR count). The first-order valence-corrected chi connectivity index (χ1v) is 6.81. The molecule has 0 radical (unpaired) electrons. The highest BCUT2D eigenvalue weighted by atomic mass is 16.1. The van der Waals surface area contributed by atoms with Gasteiger partial charge in [-0.25, -0.2) is 0 Å².